The number of carboxylic acids is 1. The molecule has 194 valence electrons. The predicted octanol–water partition coefficient (Wildman–Crippen LogP) is 5.42. The van der Waals surface area contributed by atoms with E-state index in [2.05, 4.69) is 71.9 Å². The van der Waals surface area contributed by atoms with E-state index in [9.17, 15) is 4.79 Å². The van der Waals surface area contributed by atoms with Gasteiger partial charge in [0.15, 0.2) is 0 Å². The number of carbonyl (C=O) groups is 1. The first kappa shape index (κ1) is 25.2. The minimum absolute atomic E-state index is 0.0671. The predicted molar refractivity (Wildman–Crippen MR) is 148 cm³/mol. The molecule has 6 nitrogen and oxygen atoms in total. The van der Waals surface area contributed by atoms with Crippen LogP contribution in [0.25, 0.3) is 0 Å². The van der Waals surface area contributed by atoms with Gasteiger partial charge in [-0.25, -0.2) is 4.79 Å². The average Bonchev–Trinajstić information content (AvgIpc) is 3.23. The van der Waals surface area contributed by atoms with E-state index < -0.39 is 5.97 Å². The minimum Gasteiger partial charge on any atom is -0.507 e. The van der Waals surface area contributed by atoms with Crippen molar-refractivity contribution in [2.45, 2.75) is 39.2 Å². The van der Waals surface area contributed by atoms with Crippen LogP contribution < -0.4 is 10.6 Å². The Labute approximate surface area is 219 Å². The Hall–Kier alpha value is -3.51. The van der Waals surface area contributed by atoms with E-state index in [-0.39, 0.29) is 16.7 Å². The highest BCUT2D eigenvalue weighted by molar-refractivity contribution is 5.90. The fourth-order valence-corrected chi connectivity index (χ4v) is 6.56. The van der Waals surface area contributed by atoms with Crippen molar-refractivity contribution in [3.8, 4) is 5.75 Å². The summed E-state index contributed by atoms with van der Waals surface area (Å²) in [7, 11) is 0. The molecule has 3 atom stereocenters. The number of rotatable bonds is 5. The summed E-state index contributed by atoms with van der Waals surface area (Å²) < 4.78 is 0. The lowest BCUT2D eigenvalue weighted by Crippen LogP contribution is -2.50. The number of fused-ring (bicyclic) bond motifs is 1. The molecule has 6 rings (SSSR count). The highest BCUT2D eigenvalue weighted by Crippen LogP contribution is 2.56. The third-order valence-corrected chi connectivity index (χ3v) is 8.67. The standard InChI is InChI=1S/C24H31N3.C7H6O3/c1-17-23-15-20-19-9-6-12-25-16-24(17,2)21(19)10-11-22(20)27(23)14-13-26-18-7-4-3-5-8-18;8-6-4-2-1-3-5(6)7(9)10/h3-9,17,23,25-26H,10-16H2,1-2H3;1-4,8H,(H,9,10)/b9-6-;. The molecule has 2 aromatic carbocycles. The Morgan fingerprint density at radius 3 is 2.62 bits per heavy atom. The number of para-hydroxylation sites is 2. The first-order valence-corrected chi connectivity index (χ1v) is 13.3. The normalized spacial score (nSPS) is 26.6. The summed E-state index contributed by atoms with van der Waals surface area (Å²) in [5.41, 5.74) is 8.04. The first-order valence-electron chi connectivity index (χ1n) is 13.3. The highest BCUT2D eigenvalue weighted by atomic mass is 16.4. The Bertz CT molecular complexity index is 1250. The lowest BCUT2D eigenvalue weighted by atomic mass is 9.65. The number of aromatic hydroxyl groups is 1. The number of nitrogens with zero attached hydrogens (tertiary/aromatic N) is 1. The zero-order valence-corrected chi connectivity index (χ0v) is 21.7. The van der Waals surface area contributed by atoms with E-state index in [4.69, 9.17) is 10.2 Å². The number of carboxylic acid groups (broad SMARTS) is 1. The molecule has 4 N–H and O–H groups in total. The van der Waals surface area contributed by atoms with Crippen LogP contribution in [0.1, 0.15) is 43.5 Å². The number of anilines is 1. The Kier molecular flexibility index (Phi) is 7.11. The molecule has 0 saturated heterocycles. The van der Waals surface area contributed by atoms with E-state index in [1.54, 1.807) is 34.5 Å². The monoisotopic (exact) mass is 499 g/mol. The van der Waals surface area contributed by atoms with Crippen LogP contribution in [0.2, 0.25) is 0 Å². The van der Waals surface area contributed by atoms with Crippen molar-refractivity contribution < 1.29 is 15.0 Å². The van der Waals surface area contributed by atoms with Gasteiger partial charge in [-0.2, -0.15) is 0 Å². The number of hydrogen-bond donors (Lipinski definition) is 4. The van der Waals surface area contributed by atoms with Gasteiger partial charge in [-0.15, -0.1) is 0 Å². The van der Waals surface area contributed by atoms with Gasteiger partial charge in [0.05, 0.1) is 0 Å². The summed E-state index contributed by atoms with van der Waals surface area (Å²) in [6.45, 7) is 9.22. The SMILES string of the molecule is CC1C2CC3=C(CCC4=C3/C=C\CNCC41C)N2CCNc1ccccc1.O=C(O)c1ccccc1O. The lowest BCUT2D eigenvalue weighted by Gasteiger charge is -2.48. The van der Waals surface area contributed by atoms with Crippen LogP contribution in [0, 0.1) is 11.3 Å². The van der Waals surface area contributed by atoms with Gasteiger partial charge >= 0.3 is 5.97 Å². The van der Waals surface area contributed by atoms with Gasteiger partial charge in [-0.05, 0) is 60.6 Å². The van der Waals surface area contributed by atoms with E-state index >= 15 is 0 Å². The van der Waals surface area contributed by atoms with Crippen molar-refractivity contribution in [1.29, 1.82) is 0 Å². The zero-order valence-electron chi connectivity index (χ0n) is 21.7. The second-order valence-corrected chi connectivity index (χ2v) is 10.6. The zero-order chi connectivity index (χ0) is 26.0. The quantitative estimate of drug-likeness (QED) is 0.439. The van der Waals surface area contributed by atoms with Crippen LogP contribution in [0.3, 0.4) is 0 Å². The van der Waals surface area contributed by atoms with Crippen LogP contribution in [-0.2, 0) is 0 Å². The Balaban J connectivity index is 0.000000237. The maximum absolute atomic E-state index is 10.3. The first-order chi connectivity index (χ1) is 17.9. The van der Waals surface area contributed by atoms with Crippen molar-refractivity contribution >= 4 is 11.7 Å². The van der Waals surface area contributed by atoms with Crippen molar-refractivity contribution in [1.82, 2.24) is 10.2 Å². The van der Waals surface area contributed by atoms with Crippen LogP contribution in [0.4, 0.5) is 5.69 Å². The van der Waals surface area contributed by atoms with Crippen molar-refractivity contribution in [2.24, 2.45) is 11.3 Å². The second-order valence-electron chi connectivity index (χ2n) is 10.6. The molecule has 3 unspecified atom stereocenters. The van der Waals surface area contributed by atoms with Gasteiger partial charge in [-0.1, -0.05) is 61.9 Å². The van der Waals surface area contributed by atoms with Gasteiger partial charge in [0.25, 0.3) is 0 Å². The van der Waals surface area contributed by atoms with Gasteiger partial charge in [0, 0.05) is 49.0 Å². The van der Waals surface area contributed by atoms with Gasteiger partial charge in [0.1, 0.15) is 11.3 Å². The average molecular weight is 500 g/mol. The second kappa shape index (κ2) is 10.5. The lowest BCUT2D eigenvalue weighted by molar-refractivity contribution is 0.0693. The van der Waals surface area contributed by atoms with Gasteiger partial charge < -0.3 is 25.7 Å². The molecule has 2 heterocycles. The molecule has 0 spiro atoms. The number of likely N-dealkylation sites (tertiary alicyclic amines) is 1. The summed E-state index contributed by atoms with van der Waals surface area (Å²) in [6, 6.07) is 17.0. The van der Waals surface area contributed by atoms with Crippen molar-refractivity contribution in [3.63, 3.8) is 0 Å². The summed E-state index contributed by atoms with van der Waals surface area (Å²) in [4.78, 5) is 13.0. The molecule has 2 aliphatic heterocycles. The third kappa shape index (κ3) is 4.78. The highest BCUT2D eigenvalue weighted by Gasteiger charge is 2.50. The molecule has 4 aliphatic rings. The van der Waals surface area contributed by atoms with E-state index in [0.717, 1.165) is 26.2 Å². The van der Waals surface area contributed by atoms with Crippen LogP contribution >= 0.6 is 0 Å². The molecule has 0 fully saturated rings. The molecule has 0 radical (unpaired) electrons. The largest absolute Gasteiger partial charge is 0.507 e. The van der Waals surface area contributed by atoms with Crippen LogP contribution in [0.15, 0.2) is 89.2 Å². The molecule has 2 aliphatic carbocycles. The molecule has 2 aromatic rings. The summed E-state index contributed by atoms with van der Waals surface area (Å²) in [6.07, 6.45) is 8.45. The van der Waals surface area contributed by atoms with E-state index in [1.165, 1.54) is 37.1 Å². The summed E-state index contributed by atoms with van der Waals surface area (Å²) in [5.74, 6) is -0.651. The molecule has 0 amide bonds. The molecule has 0 saturated carbocycles. The fourth-order valence-electron chi connectivity index (χ4n) is 6.56. The fraction of sp³-hybridized carbons (Fsp3) is 0.387. The maximum atomic E-state index is 10.3. The number of nitrogens with one attached hydrogen (secondary N) is 2. The summed E-state index contributed by atoms with van der Waals surface area (Å²) in [5, 5.41) is 24.6. The maximum Gasteiger partial charge on any atom is 0.339 e. The Morgan fingerprint density at radius 2 is 1.89 bits per heavy atom. The summed E-state index contributed by atoms with van der Waals surface area (Å²) >= 11 is 0. The molecule has 37 heavy (non-hydrogen) atoms. The molecular weight excluding hydrogens is 462 g/mol. The molecular formula is C31H37N3O3. The number of allylic oxidation sites excluding steroid dienone is 3. The van der Waals surface area contributed by atoms with E-state index in [0.29, 0.717) is 12.0 Å². The third-order valence-electron chi connectivity index (χ3n) is 8.67. The molecule has 5 bridgehead atoms. The number of benzene rings is 2. The number of hydrogen-bond acceptors (Lipinski definition) is 5. The molecule has 6 heteroatoms. The smallest absolute Gasteiger partial charge is 0.339 e. The van der Waals surface area contributed by atoms with Crippen LogP contribution in [-0.4, -0.2) is 53.3 Å². The number of phenols is 1. The van der Waals surface area contributed by atoms with Gasteiger partial charge in [0.2, 0.25) is 0 Å². The van der Waals surface area contributed by atoms with Crippen LogP contribution in [0.5, 0.6) is 5.75 Å². The van der Waals surface area contributed by atoms with Crippen molar-refractivity contribution in [2.75, 3.05) is 31.5 Å². The van der Waals surface area contributed by atoms with Crippen molar-refractivity contribution in [3.05, 3.63) is 94.7 Å². The Morgan fingerprint density at radius 1 is 1.14 bits per heavy atom. The molecule has 0 aromatic heterocycles. The van der Waals surface area contributed by atoms with Gasteiger partial charge in [-0.3, -0.25) is 0 Å². The van der Waals surface area contributed by atoms with E-state index in [1.807, 2.05) is 0 Å². The minimum atomic E-state index is -1.11. The number of aromatic carboxylic acids is 1. The topological polar surface area (TPSA) is 84.8 Å².